The first-order valence-corrected chi connectivity index (χ1v) is 9.57. The van der Waals surface area contributed by atoms with Gasteiger partial charge in [-0.1, -0.05) is 42.5 Å². The number of rotatable bonds is 7. The topological polar surface area (TPSA) is 67.4 Å². The number of carbonyl (C=O) groups is 2. The molecule has 2 N–H and O–H groups in total. The molecule has 3 aromatic rings. The second kappa shape index (κ2) is 9.55. The van der Waals surface area contributed by atoms with Crippen LogP contribution in [0.3, 0.4) is 0 Å². The van der Waals surface area contributed by atoms with E-state index in [1.807, 2.05) is 44.2 Å². The SMILES string of the molecule is CCOc1cccc(C(=O)Nc2cccc(C(=O)NC(C)c3ccccc3)c2)c1. The van der Waals surface area contributed by atoms with Gasteiger partial charge in [-0.15, -0.1) is 0 Å². The Morgan fingerprint density at radius 2 is 1.55 bits per heavy atom. The highest BCUT2D eigenvalue weighted by Gasteiger charge is 2.13. The van der Waals surface area contributed by atoms with Crippen LogP contribution >= 0.6 is 0 Å². The molecule has 3 rings (SSSR count). The first-order chi connectivity index (χ1) is 14.1. The minimum Gasteiger partial charge on any atom is -0.494 e. The average Bonchev–Trinajstić information content (AvgIpc) is 2.75. The Hall–Kier alpha value is -3.60. The molecule has 0 fully saturated rings. The van der Waals surface area contributed by atoms with Gasteiger partial charge in [0, 0.05) is 16.8 Å². The van der Waals surface area contributed by atoms with Crippen molar-refractivity contribution in [1.29, 1.82) is 0 Å². The van der Waals surface area contributed by atoms with Crippen LogP contribution in [0.15, 0.2) is 78.9 Å². The quantitative estimate of drug-likeness (QED) is 0.609. The van der Waals surface area contributed by atoms with Crippen molar-refractivity contribution < 1.29 is 14.3 Å². The molecule has 29 heavy (non-hydrogen) atoms. The van der Waals surface area contributed by atoms with Gasteiger partial charge in [0.2, 0.25) is 0 Å². The lowest BCUT2D eigenvalue weighted by Gasteiger charge is -2.15. The van der Waals surface area contributed by atoms with Gasteiger partial charge in [0.05, 0.1) is 12.6 Å². The first kappa shape index (κ1) is 20.1. The smallest absolute Gasteiger partial charge is 0.255 e. The van der Waals surface area contributed by atoms with E-state index in [0.29, 0.717) is 29.2 Å². The summed E-state index contributed by atoms with van der Waals surface area (Å²) in [6.07, 6.45) is 0. The molecule has 0 aliphatic rings. The lowest BCUT2D eigenvalue weighted by atomic mass is 10.1. The maximum atomic E-state index is 12.6. The Morgan fingerprint density at radius 1 is 0.862 bits per heavy atom. The molecule has 1 atom stereocenters. The minimum atomic E-state index is -0.262. The van der Waals surface area contributed by atoms with E-state index in [1.54, 1.807) is 48.5 Å². The van der Waals surface area contributed by atoms with Crippen LogP contribution in [0.1, 0.15) is 46.2 Å². The van der Waals surface area contributed by atoms with E-state index in [2.05, 4.69) is 10.6 Å². The predicted molar refractivity (Wildman–Crippen MR) is 114 cm³/mol. The Balaban J connectivity index is 1.68. The summed E-state index contributed by atoms with van der Waals surface area (Å²) >= 11 is 0. The third-order valence-electron chi connectivity index (χ3n) is 4.44. The van der Waals surface area contributed by atoms with E-state index in [4.69, 9.17) is 4.74 Å². The molecule has 3 aromatic carbocycles. The van der Waals surface area contributed by atoms with Crippen molar-refractivity contribution in [3.63, 3.8) is 0 Å². The van der Waals surface area contributed by atoms with Gasteiger partial charge in [-0.05, 0) is 55.8 Å². The predicted octanol–water partition coefficient (Wildman–Crippen LogP) is 4.83. The summed E-state index contributed by atoms with van der Waals surface area (Å²) in [5, 5.41) is 5.81. The third-order valence-corrected chi connectivity index (χ3v) is 4.44. The van der Waals surface area contributed by atoms with Crippen LogP contribution in [-0.4, -0.2) is 18.4 Å². The normalized spacial score (nSPS) is 11.4. The van der Waals surface area contributed by atoms with Gasteiger partial charge in [-0.25, -0.2) is 0 Å². The van der Waals surface area contributed by atoms with E-state index in [-0.39, 0.29) is 17.9 Å². The lowest BCUT2D eigenvalue weighted by molar-refractivity contribution is 0.0938. The minimum absolute atomic E-state index is 0.122. The molecule has 0 saturated heterocycles. The van der Waals surface area contributed by atoms with Crippen molar-refractivity contribution in [2.24, 2.45) is 0 Å². The van der Waals surface area contributed by atoms with Gasteiger partial charge in [0.25, 0.3) is 11.8 Å². The standard InChI is InChI=1S/C24H24N2O3/c1-3-29-22-14-8-12-20(16-22)24(28)26-21-13-7-11-19(15-21)23(27)25-17(2)18-9-5-4-6-10-18/h4-17H,3H2,1-2H3,(H,25,27)(H,26,28). The molecule has 5 nitrogen and oxygen atoms in total. The maximum Gasteiger partial charge on any atom is 0.255 e. The second-order valence-corrected chi connectivity index (χ2v) is 6.60. The molecule has 0 aliphatic heterocycles. The van der Waals surface area contributed by atoms with Crippen LogP contribution in [0.2, 0.25) is 0 Å². The number of hydrogen-bond acceptors (Lipinski definition) is 3. The second-order valence-electron chi connectivity index (χ2n) is 6.60. The Labute approximate surface area is 170 Å². The Morgan fingerprint density at radius 3 is 2.28 bits per heavy atom. The van der Waals surface area contributed by atoms with Gasteiger partial charge in [-0.3, -0.25) is 9.59 Å². The van der Waals surface area contributed by atoms with E-state index in [9.17, 15) is 9.59 Å². The number of ether oxygens (including phenoxy) is 1. The van der Waals surface area contributed by atoms with Crippen LogP contribution in [0.5, 0.6) is 5.75 Å². The summed E-state index contributed by atoms with van der Waals surface area (Å²) in [5.41, 5.74) is 2.55. The number of nitrogens with one attached hydrogen (secondary N) is 2. The molecule has 0 radical (unpaired) electrons. The highest BCUT2D eigenvalue weighted by atomic mass is 16.5. The average molecular weight is 388 g/mol. The molecular weight excluding hydrogens is 364 g/mol. The highest BCUT2D eigenvalue weighted by molar-refractivity contribution is 6.05. The zero-order chi connectivity index (χ0) is 20.6. The molecule has 1 unspecified atom stereocenters. The van der Waals surface area contributed by atoms with Crippen molar-refractivity contribution in [1.82, 2.24) is 5.32 Å². The summed E-state index contributed by atoms with van der Waals surface area (Å²) in [6, 6.07) is 23.5. The Bertz CT molecular complexity index is 986. The molecular formula is C24H24N2O3. The number of anilines is 1. The molecule has 0 saturated carbocycles. The van der Waals surface area contributed by atoms with Gasteiger partial charge in [-0.2, -0.15) is 0 Å². The van der Waals surface area contributed by atoms with Gasteiger partial charge >= 0.3 is 0 Å². The van der Waals surface area contributed by atoms with Gasteiger partial charge in [0.1, 0.15) is 5.75 Å². The fraction of sp³-hybridized carbons (Fsp3) is 0.167. The summed E-state index contributed by atoms with van der Waals surface area (Å²) in [7, 11) is 0. The van der Waals surface area contributed by atoms with Crippen molar-refractivity contribution in [3.05, 3.63) is 95.6 Å². The number of amides is 2. The summed E-state index contributed by atoms with van der Waals surface area (Å²) < 4.78 is 5.44. The summed E-state index contributed by atoms with van der Waals surface area (Å²) in [4.78, 5) is 25.2. The maximum absolute atomic E-state index is 12.6. The van der Waals surface area contributed by atoms with E-state index in [1.165, 1.54) is 0 Å². The van der Waals surface area contributed by atoms with Crippen LogP contribution in [0.4, 0.5) is 5.69 Å². The van der Waals surface area contributed by atoms with Gasteiger partial charge < -0.3 is 15.4 Å². The first-order valence-electron chi connectivity index (χ1n) is 9.57. The third kappa shape index (κ3) is 5.45. The molecule has 2 amide bonds. The Kier molecular flexibility index (Phi) is 6.63. The zero-order valence-electron chi connectivity index (χ0n) is 16.5. The van der Waals surface area contributed by atoms with E-state index >= 15 is 0 Å². The highest BCUT2D eigenvalue weighted by Crippen LogP contribution is 2.17. The summed E-state index contributed by atoms with van der Waals surface area (Å²) in [6.45, 7) is 4.36. The monoisotopic (exact) mass is 388 g/mol. The van der Waals surface area contributed by atoms with Gasteiger partial charge in [0.15, 0.2) is 0 Å². The van der Waals surface area contributed by atoms with Crippen LogP contribution < -0.4 is 15.4 Å². The van der Waals surface area contributed by atoms with Crippen LogP contribution in [-0.2, 0) is 0 Å². The molecule has 0 heterocycles. The molecule has 148 valence electrons. The fourth-order valence-corrected chi connectivity index (χ4v) is 2.94. The fourth-order valence-electron chi connectivity index (χ4n) is 2.94. The molecule has 0 bridgehead atoms. The number of benzene rings is 3. The van der Waals surface area contributed by atoms with E-state index in [0.717, 1.165) is 5.56 Å². The number of carbonyl (C=O) groups excluding carboxylic acids is 2. The van der Waals surface area contributed by atoms with Crippen molar-refractivity contribution in [2.75, 3.05) is 11.9 Å². The molecule has 0 aliphatic carbocycles. The van der Waals surface area contributed by atoms with Crippen LogP contribution in [0, 0.1) is 0 Å². The largest absolute Gasteiger partial charge is 0.494 e. The molecule has 0 spiro atoms. The van der Waals surface area contributed by atoms with Crippen molar-refractivity contribution in [3.8, 4) is 5.75 Å². The van der Waals surface area contributed by atoms with E-state index < -0.39 is 0 Å². The summed E-state index contributed by atoms with van der Waals surface area (Å²) in [5.74, 6) is 0.181. The zero-order valence-corrected chi connectivity index (χ0v) is 16.5. The molecule has 5 heteroatoms. The lowest BCUT2D eigenvalue weighted by Crippen LogP contribution is -2.26. The number of hydrogen-bond donors (Lipinski definition) is 2. The van der Waals surface area contributed by atoms with Crippen molar-refractivity contribution >= 4 is 17.5 Å². The van der Waals surface area contributed by atoms with Crippen LogP contribution in [0.25, 0.3) is 0 Å². The van der Waals surface area contributed by atoms with Crippen molar-refractivity contribution in [2.45, 2.75) is 19.9 Å². The molecule has 0 aromatic heterocycles.